The Kier molecular flexibility index (Phi) is 2.87. The molecule has 6 nitrogen and oxygen atoms in total. The summed E-state index contributed by atoms with van der Waals surface area (Å²) in [6.07, 6.45) is 2.47. The van der Waals surface area contributed by atoms with Crippen LogP contribution in [-0.4, -0.2) is 25.6 Å². The second-order valence-electron chi connectivity index (χ2n) is 2.94. The van der Waals surface area contributed by atoms with Gasteiger partial charge in [-0.2, -0.15) is 5.10 Å². The van der Waals surface area contributed by atoms with Crippen molar-refractivity contribution in [2.45, 2.75) is 19.5 Å². The molecule has 7 heteroatoms. The molecule has 74 valence electrons. The SMILES string of the molecule is C[C@@H](N)Cn1cc(P(=O)(O)O)cn1. The van der Waals surface area contributed by atoms with E-state index in [1.54, 1.807) is 6.92 Å². The molecule has 1 rings (SSSR count). The topological polar surface area (TPSA) is 101 Å². The second-order valence-corrected chi connectivity index (χ2v) is 4.55. The van der Waals surface area contributed by atoms with E-state index in [1.807, 2.05) is 0 Å². The molecule has 0 aromatic carbocycles. The third-order valence-corrected chi connectivity index (χ3v) is 2.33. The highest BCUT2D eigenvalue weighted by Crippen LogP contribution is 2.32. The van der Waals surface area contributed by atoms with E-state index in [1.165, 1.54) is 10.9 Å². The predicted molar refractivity (Wildman–Crippen MR) is 47.6 cm³/mol. The Balaban J connectivity index is 2.81. The maximum Gasteiger partial charge on any atom is 0.359 e. The Bertz CT molecular complexity index is 330. The maximum atomic E-state index is 10.7. The third kappa shape index (κ3) is 2.93. The van der Waals surface area contributed by atoms with Crippen molar-refractivity contribution in [3.8, 4) is 0 Å². The number of nitrogens with zero attached hydrogens (tertiary/aromatic N) is 2. The molecule has 4 N–H and O–H groups in total. The highest BCUT2D eigenvalue weighted by Gasteiger charge is 2.19. The molecule has 1 heterocycles. The van der Waals surface area contributed by atoms with Gasteiger partial charge in [0.25, 0.3) is 0 Å². The van der Waals surface area contributed by atoms with Crippen LogP contribution in [0.15, 0.2) is 12.4 Å². The number of nitrogens with two attached hydrogens (primary N) is 1. The van der Waals surface area contributed by atoms with Crippen LogP contribution in [0.4, 0.5) is 0 Å². The quantitative estimate of drug-likeness (QED) is 0.551. The van der Waals surface area contributed by atoms with Crippen molar-refractivity contribution in [1.29, 1.82) is 0 Å². The van der Waals surface area contributed by atoms with Gasteiger partial charge >= 0.3 is 7.60 Å². The highest BCUT2D eigenvalue weighted by molar-refractivity contribution is 7.60. The predicted octanol–water partition coefficient (Wildman–Crippen LogP) is -0.967. The van der Waals surface area contributed by atoms with Crippen LogP contribution in [-0.2, 0) is 11.1 Å². The van der Waals surface area contributed by atoms with Crippen molar-refractivity contribution < 1.29 is 14.4 Å². The first kappa shape index (κ1) is 10.4. The Morgan fingerprint density at radius 1 is 1.77 bits per heavy atom. The number of aromatic nitrogens is 2. The van der Waals surface area contributed by atoms with Crippen LogP contribution in [0.1, 0.15) is 6.92 Å². The first-order valence-electron chi connectivity index (χ1n) is 3.74. The average molecular weight is 205 g/mol. The van der Waals surface area contributed by atoms with E-state index in [9.17, 15) is 4.57 Å². The zero-order chi connectivity index (χ0) is 10.1. The zero-order valence-corrected chi connectivity index (χ0v) is 8.06. The molecule has 1 atom stereocenters. The average Bonchev–Trinajstić information content (AvgIpc) is 2.32. The Hall–Kier alpha value is -0.680. The van der Waals surface area contributed by atoms with Crippen LogP contribution in [0.3, 0.4) is 0 Å². The normalized spacial score (nSPS) is 14.5. The fourth-order valence-electron chi connectivity index (χ4n) is 0.898. The molecule has 13 heavy (non-hydrogen) atoms. The lowest BCUT2D eigenvalue weighted by Crippen LogP contribution is -2.22. The fourth-order valence-corrected chi connectivity index (χ4v) is 1.38. The lowest BCUT2D eigenvalue weighted by molar-refractivity contribution is 0.387. The van der Waals surface area contributed by atoms with Crippen molar-refractivity contribution in [2.75, 3.05) is 0 Å². The molecule has 0 saturated heterocycles. The lowest BCUT2D eigenvalue weighted by atomic mass is 10.4. The molecular formula is C6H12N3O3P. The summed E-state index contributed by atoms with van der Waals surface area (Å²) < 4.78 is 12.2. The van der Waals surface area contributed by atoms with E-state index in [4.69, 9.17) is 15.5 Å². The second kappa shape index (κ2) is 3.59. The van der Waals surface area contributed by atoms with Crippen LogP contribution in [0.2, 0.25) is 0 Å². The van der Waals surface area contributed by atoms with Gasteiger partial charge in [-0.05, 0) is 6.92 Å². The van der Waals surface area contributed by atoms with E-state index < -0.39 is 7.60 Å². The molecule has 0 amide bonds. The van der Waals surface area contributed by atoms with E-state index >= 15 is 0 Å². The molecule has 0 aliphatic heterocycles. The molecule has 0 aliphatic carbocycles. The summed E-state index contributed by atoms with van der Waals surface area (Å²) in [4.78, 5) is 17.5. The molecule has 1 aromatic heterocycles. The van der Waals surface area contributed by atoms with E-state index in [0.717, 1.165) is 6.20 Å². The Labute approximate surface area is 75.5 Å². The molecule has 0 saturated carbocycles. The van der Waals surface area contributed by atoms with E-state index in [0.29, 0.717) is 6.54 Å². The van der Waals surface area contributed by atoms with Crippen LogP contribution in [0.5, 0.6) is 0 Å². The molecule has 0 unspecified atom stereocenters. The lowest BCUT2D eigenvalue weighted by Gasteiger charge is -2.03. The van der Waals surface area contributed by atoms with Crippen molar-refractivity contribution >= 4 is 12.9 Å². The minimum Gasteiger partial charge on any atom is -0.326 e. The van der Waals surface area contributed by atoms with Crippen LogP contribution >= 0.6 is 7.60 Å². The van der Waals surface area contributed by atoms with E-state index in [2.05, 4.69) is 5.10 Å². The highest BCUT2D eigenvalue weighted by atomic mass is 31.2. The van der Waals surface area contributed by atoms with Gasteiger partial charge in [0.05, 0.1) is 12.7 Å². The Morgan fingerprint density at radius 2 is 2.38 bits per heavy atom. The summed E-state index contributed by atoms with van der Waals surface area (Å²) in [6, 6.07) is -0.0930. The Morgan fingerprint density at radius 3 is 2.77 bits per heavy atom. The summed E-state index contributed by atoms with van der Waals surface area (Å²) in [5.74, 6) is 0. The van der Waals surface area contributed by atoms with E-state index in [-0.39, 0.29) is 11.3 Å². The maximum absolute atomic E-state index is 10.7. The van der Waals surface area contributed by atoms with Crippen LogP contribution < -0.4 is 11.0 Å². The van der Waals surface area contributed by atoms with Crippen molar-refractivity contribution in [3.63, 3.8) is 0 Å². The van der Waals surface area contributed by atoms with Crippen LogP contribution in [0.25, 0.3) is 0 Å². The van der Waals surface area contributed by atoms with Gasteiger partial charge in [-0.1, -0.05) is 0 Å². The molecule has 0 radical (unpaired) electrons. The third-order valence-electron chi connectivity index (χ3n) is 1.43. The molecule has 0 spiro atoms. The number of rotatable bonds is 3. The number of hydrogen-bond acceptors (Lipinski definition) is 3. The fraction of sp³-hybridized carbons (Fsp3) is 0.500. The van der Waals surface area contributed by atoms with Gasteiger partial charge in [0.1, 0.15) is 5.30 Å². The minimum absolute atomic E-state index is 0.0758. The smallest absolute Gasteiger partial charge is 0.326 e. The first-order valence-corrected chi connectivity index (χ1v) is 5.35. The van der Waals surface area contributed by atoms with Gasteiger partial charge < -0.3 is 15.5 Å². The van der Waals surface area contributed by atoms with Crippen molar-refractivity contribution in [3.05, 3.63) is 12.4 Å². The van der Waals surface area contributed by atoms with Gasteiger partial charge in [-0.3, -0.25) is 9.25 Å². The summed E-state index contributed by atoms with van der Waals surface area (Å²) in [5.41, 5.74) is 5.49. The van der Waals surface area contributed by atoms with Gasteiger partial charge in [-0.15, -0.1) is 0 Å². The van der Waals surface area contributed by atoms with Gasteiger partial charge in [0, 0.05) is 12.2 Å². The number of hydrogen-bond donors (Lipinski definition) is 3. The zero-order valence-electron chi connectivity index (χ0n) is 7.16. The summed E-state index contributed by atoms with van der Waals surface area (Å²) in [6.45, 7) is 2.23. The summed E-state index contributed by atoms with van der Waals surface area (Å²) >= 11 is 0. The van der Waals surface area contributed by atoms with Gasteiger partial charge in [0.2, 0.25) is 0 Å². The first-order chi connectivity index (χ1) is 5.89. The van der Waals surface area contributed by atoms with Crippen molar-refractivity contribution in [1.82, 2.24) is 9.78 Å². The molecular weight excluding hydrogens is 193 g/mol. The van der Waals surface area contributed by atoms with Gasteiger partial charge in [0.15, 0.2) is 0 Å². The standard InChI is InChI=1S/C6H12N3O3P/c1-5(7)3-9-4-6(2-8-9)13(10,11)12/h2,4-5H,3,7H2,1H3,(H2,10,11,12)/t5-/m1/s1. The molecule has 0 bridgehead atoms. The minimum atomic E-state index is -4.16. The molecule has 0 aliphatic rings. The summed E-state index contributed by atoms with van der Waals surface area (Å²) in [5, 5.41) is 3.69. The summed E-state index contributed by atoms with van der Waals surface area (Å²) in [7, 11) is -4.16. The molecule has 1 aromatic rings. The largest absolute Gasteiger partial charge is 0.359 e. The van der Waals surface area contributed by atoms with Crippen LogP contribution in [0, 0.1) is 0 Å². The van der Waals surface area contributed by atoms with Gasteiger partial charge in [-0.25, -0.2) is 0 Å². The van der Waals surface area contributed by atoms with Crippen molar-refractivity contribution in [2.24, 2.45) is 5.73 Å². The molecule has 0 fully saturated rings. The monoisotopic (exact) mass is 205 g/mol.